The van der Waals surface area contributed by atoms with Crippen molar-refractivity contribution in [3.05, 3.63) is 82.8 Å². The highest BCUT2D eigenvalue weighted by molar-refractivity contribution is 9.10. The van der Waals surface area contributed by atoms with Crippen LogP contribution in [-0.4, -0.2) is 20.4 Å². The molecule has 0 spiro atoms. The smallest absolute Gasteiger partial charge is 0.265 e. The number of nitrogens with one attached hydrogen (secondary N) is 2. The highest BCUT2D eigenvalue weighted by Gasteiger charge is 2.17. The van der Waals surface area contributed by atoms with Gasteiger partial charge in [-0.1, -0.05) is 28.1 Å². The van der Waals surface area contributed by atoms with Gasteiger partial charge >= 0.3 is 0 Å². The maximum absolute atomic E-state index is 12.5. The Hall–Kier alpha value is -2.84. The van der Waals surface area contributed by atoms with Gasteiger partial charge in [-0.2, -0.15) is 0 Å². The Balaban J connectivity index is 1.63. The van der Waals surface area contributed by atoms with Gasteiger partial charge in [0.1, 0.15) is 5.75 Å². The van der Waals surface area contributed by atoms with Crippen LogP contribution in [0.15, 0.2) is 82.2 Å². The van der Waals surface area contributed by atoms with Crippen molar-refractivity contribution in [2.24, 2.45) is 0 Å². The summed E-state index contributed by atoms with van der Waals surface area (Å²) in [4.78, 5) is 12.5. The number of carbonyl (C=O) groups is 1. The largest absolute Gasteiger partial charge is 0.481 e. The quantitative estimate of drug-likeness (QED) is 0.491. The molecule has 156 valence electrons. The minimum absolute atomic E-state index is 0.0903. The van der Waals surface area contributed by atoms with Crippen molar-refractivity contribution in [1.82, 2.24) is 0 Å². The number of sulfonamides is 1. The van der Waals surface area contributed by atoms with Crippen LogP contribution in [0.2, 0.25) is 0 Å². The van der Waals surface area contributed by atoms with E-state index in [4.69, 9.17) is 4.74 Å². The summed E-state index contributed by atoms with van der Waals surface area (Å²) in [5.74, 6) is 0.276. The summed E-state index contributed by atoms with van der Waals surface area (Å²) < 4.78 is 34.1. The van der Waals surface area contributed by atoms with Gasteiger partial charge in [-0.05, 0) is 80.1 Å². The van der Waals surface area contributed by atoms with Crippen LogP contribution >= 0.6 is 15.9 Å². The number of amides is 1. The zero-order chi connectivity index (χ0) is 21.7. The predicted octanol–water partition coefficient (Wildman–Crippen LogP) is 4.96. The van der Waals surface area contributed by atoms with E-state index in [-0.39, 0.29) is 10.8 Å². The van der Waals surface area contributed by atoms with Gasteiger partial charge in [-0.3, -0.25) is 9.52 Å². The summed E-state index contributed by atoms with van der Waals surface area (Å²) >= 11 is 3.31. The fourth-order valence-electron chi connectivity index (χ4n) is 2.64. The standard InChI is InChI=1S/C22H21BrN2O4S/c1-15-4-3-5-20(14-15)29-16(2)22(26)24-18-10-12-21(13-11-18)30(27,28)25-19-8-6-17(23)7-9-19/h3-14,16,25H,1-2H3,(H,24,26). The lowest BCUT2D eigenvalue weighted by Crippen LogP contribution is -2.30. The Morgan fingerprint density at radius 1 is 0.967 bits per heavy atom. The minimum atomic E-state index is -3.74. The Bertz CT molecular complexity index is 1130. The Labute approximate surface area is 184 Å². The molecule has 6 nitrogen and oxygen atoms in total. The lowest BCUT2D eigenvalue weighted by Gasteiger charge is -2.15. The number of ether oxygens (including phenoxy) is 1. The second kappa shape index (κ2) is 9.32. The van der Waals surface area contributed by atoms with Gasteiger partial charge in [0.2, 0.25) is 0 Å². The number of aryl methyl sites for hydroxylation is 1. The molecule has 8 heteroatoms. The summed E-state index contributed by atoms with van der Waals surface area (Å²) in [6.07, 6.45) is -0.714. The number of benzene rings is 3. The first kappa shape index (κ1) is 21.9. The second-order valence-corrected chi connectivity index (χ2v) is 9.30. The summed E-state index contributed by atoms with van der Waals surface area (Å²) in [6.45, 7) is 3.59. The molecule has 1 atom stereocenters. The van der Waals surface area contributed by atoms with Crippen LogP contribution in [0.5, 0.6) is 5.75 Å². The molecule has 0 fully saturated rings. The SMILES string of the molecule is Cc1cccc(OC(C)C(=O)Nc2ccc(S(=O)(=O)Nc3ccc(Br)cc3)cc2)c1. The first-order valence-corrected chi connectivity index (χ1v) is 11.4. The van der Waals surface area contributed by atoms with Gasteiger partial charge in [0.15, 0.2) is 6.10 Å². The van der Waals surface area contributed by atoms with Gasteiger partial charge in [-0.15, -0.1) is 0 Å². The van der Waals surface area contributed by atoms with E-state index >= 15 is 0 Å². The molecular formula is C22H21BrN2O4S. The monoisotopic (exact) mass is 488 g/mol. The summed E-state index contributed by atoms with van der Waals surface area (Å²) in [5, 5.41) is 2.73. The molecule has 0 bridgehead atoms. The minimum Gasteiger partial charge on any atom is -0.481 e. The molecule has 3 aromatic rings. The van der Waals surface area contributed by atoms with E-state index < -0.39 is 16.1 Å². The summed E-state index contributed by atoms with van der Waals surface area (Å²) in [7, 11) is -3.74. The maximum atomic E-state index is 12.5. The molecule has 0 aliphatic rings. The zero-order valence-electron chi connectivity index (χ0n) is 16.4. The van der Waals surface area contributed by atoms with E-state index in [1.54, 1.807) is 37.3 Å². The van der Waals surface area contributed by atoms with Crippen LogP contribution in [0.4, 0.5) is 11.4 Å². The maximum Gasteiger partial charge on any atom is 0.265 e. The third-order valence-corrected chi connectivity index (χ3v) is 6.13. The fourth-order valence-corrected chi connectivity index (χ4v) is 3.96. The average Bonchev–Trinajstić information content (AvgIpc) is 2.70. The molecule has 0 heterocycles. The van der Waals surface area contributed by atoms with Crippen molar-refractivity contribution in [2.45, 2.75) is 24.8 Å². The number of hydrogen-bond donors (Lipinski definition) is 2. The van der Waals surface area contributed by atoms with E-state index in [0.717, 1.165) is 10.0 Å². The molecule has 0 radical (unpaired) electrons. The molecule has 1 amide bonds. The van der Waals surface area contributed by atoms with Gasteiger partial charge in [-0.25, -0.2) is 8.42 Å². The molecular weight excluding hydrogens is 468 g/mol. The topological polar surface area (TPSA) is 84.5 Å². The van der Waals surface area contributed by atoms with Crippen molar-refractivity contribution in [3.63, 3.8) is 0 Å². The number of anilines is 2. The number of rotatable bonds is 7. The molecule has 0 aliphatic carbocycles. The molecule has 0 aromatic heterocycles. The first-order chi connectivity index (χ1) is 14.2. The van der Waals surface area contributed by atoms with Crippen LogP contribution in [0, 0.1) is 6.92 Å². The van der Waals surface area contributed by atoms with Crippen LogP contribution in [-0.2, 0) is 14.8 Å². The zero-order valence-corrected chi connectivity index (χ0v) is 18.8. The first-order valence-electron chi connectivity index (χ1n) is 9.15. The Kier molecular flexibility index (Phi) is 6.79. The van der Waals surface area contributed by atoms with Gasteiger partial charge in [0.25, 0.3) is 15.9 Å². The molecule has 0 aliphatic heterocycles. The Morgan fingerprint density at radius 3 is 2.23 bits per heavy atom. The van der Waals surface area contributed by atoms with Crippen molar-refractivity contribution in [3.8, 4) is 5.75 Å². The fraction of sp³-hybridized carbons (Fsp3) is 0.136. The van der Waals surface area contributed by atoms with E-state index in [1.807, 2.05) is 25.1 Å². The van der Waals surface area contributed by atoms with Crippen LogP contribution < -0.4 is 14.8 Å². The third-order valence-electron chi connectivity index (χ3n) is 4.20. The summed E-state index contributed by atoms with van der Waals surface area (Å²) in [6, 6.07) is 20.2. The normalized spacial score (nSPS) is 12.1. The van der Waals surface area contributed by atoms with E-state index in [0.29, 0.717) is 17.1 Å². The molecule has 2 N–H and O–H groups in total. The summed E-state index contributed by atoms with van der Waals surface area (Å²) in [5.41, 5.74) is 1.97. The van der Waals surface area contributed by atoms with Crippen LogP contribution in [0.3, 0.4) is 0 Å². The Morgan fingerprint density at radius 2 is 1.60 bits per heavy atom. The van der Waals surface area contributed by atoms with Crippen molar-refractivity contribution in [1.29, 1.82) is 0 Å². The number of carbonyl (C=O) groups excluding carboxylic acids is 1. The number of hydrogen-bond acceptors (Lipinski definition) is 4. The van der Waals surface area contributed by atoms with Gasteiger partial charge < -0.3 is 10.1 Å². The highest BCUT2D eigenvalue weighted by atomic mass is 79.9. The second-order valence-electron chi connectivity index (χ2n) is 6.70. The third kappa shape index (κ3) is 5.84. The molecule has 0 saturated carbocycles. The molecule has 1 unspecified atom stereocenters. The molecule has 3 rings (SSSR count). The van der Waals surface area contributed by atoms with Crippen molar-refractivity contribution >= 4 is 43.2 Å². The van der Waals surface area contributed by atoms with E-state index in [9.17, 15) is 13.2 Å². The van der Waals surface area contributed by atoms with Crippen LogP contribution in [0.25, 0.3) is 0 Å². The lowest BCUT2D eigenvalue weighted by molar-refractivity contribution is -0.122. The van der Waals surface area contributed by atoms with E-state index in [1.165, 1.54) is 24.3 Å². The average molecular weight is 489 g/mol. The molecule has 30 heavy (non-hydrogen) atoms. The molecule has 3 aromatic carbocycles. The lowest BCUT2D eigenvalue weighted by atomic mass is 10.2. The van der Waals surface area contributed by atoms with E-state index in [2.05, 4.69) is 26.0 Å². The number of halogens is 1. The molecule has 0 saturated heterocycles. The van der Waals surface area contributed by atoms with Gasteiger partial charge in [0.05, 0.1) is 4.90 Å². The van der Waals surface area contributed by atoms with Gasteiger partial charge in [0, 0.05) is 15.8 Å². The van der Waals surface area contributed by atoms with Crippen molar-refractivity contribution in [2.75, 3.05) is 10.0 Å². The highest BCUT2D eigenvalue weighted by Crippen LogP contribution is 2.20. The van der Waals surface area contributed by atoms with Crippen molar-refractivity contribution < 1.29 is 17.9 Å². The predicted molar refractivity (Wildman–Crippen MR) is 121 cm³/mol. The van der Waals surface area contributed by atoms with Crippen LogP contribution in [0.1, 0.15) is 12.5 Å².